The summed E-state index contributed by atoms with van der Waals surface area (Å²) < 4.78 is 32.1. The molecule has 0 saturated carbocycles. The summed E-state index contributed by atoms with van der Waals surface area (Å²) in [5.41, 5.74) is 0. The molecule has 0 bridgehead atoms. The quantitative estimate of drug-likeness (QED) is 0.778. The van der Waals surface area contributed by atoms with E-state index in [1.807, 2.05) is 0 Å². The number of esters is 1. The molecule has 0 amide bonds. The average molecular weight is 321 g/mol. The first kappa shape index (κ1) is 12.4. The molecule has 0 spiro atoms. The molecule has 0 aliphatic rings. The van der Waals surface area contributed by atoms with Gasteiger partial charge < -0.3 is 4.74 Å². The molecular formula is C11H7BrF2O2S. The van der Waals surface area contributed by atoms with Gasteiger partial charge in [-0.05, 0) is 28.9 Å². The maximum Gasteiger partial charge on any atom is 0.349 e. The Morgan fingerprint density at radius 3 is 2.82 bits per heavy atom. The van der Waals surface area contributed by atoms with Crippen LogP contribution in [0.25, 0.3) is 10.1 Å². The fourth-order valence-electron chi connectivity index (χ4n) is 1.44. The van der Waals surface area contributed by atoms with Crippen molar-refractivity contribution in [3.63, 3.8) is 0 Å². The van der Waals surface area contributed by atoms with Crippen LogP contribution >= 0.6 is 27.3 Å². The van der Waals surface area contributed by atoms with E-state index in [0.717, 1.165) is 17.4 Å². The summed E-state index contributed by atoms with van der Waals surface area (Å²) in [7, 11) is 0. The first-order valence-corrected chi connectivity index (χ1v) is 6.39. The molecule has 0 atom stereocenters. The van der Waals surface area contributed by atoms with E-state index in [4.69, 9.17) is 4.74 Å². The van der Waals surface area contributed by atoms with Gasteiger partial charge in [-0.15, -0.1) is 11.3 Å². The molecule has 2 nitrogen and oxygen atoms in total. The zero-order valence-corrected chi connectivity index (χ0v) is 11.1. The van der Waals surface area contributed by atoms with Gasteiger partial charge in [0.15, 0.2) is 0 Å². The summed E-state index contributed by atoms with van der Waals surface area (Å²) in [6, 6.07) is 1.98. The van der Waals surface area contributed by atoms with E-state index in [1.165, 1.54) is 6.07 Å². The highest BCUT2D eigenvalue weighted by molar-refractivity contribution is 9.10. The van der Waals surface area contributed by atoms with Gasteiger partial charge in [-0.3, -0.25) is 0 Å². The fraction of sp³-hybridized carbons (Fsp3) is 0.182. The van der Waals surface area contributed by atoms with Gasteiger partial charge in [0.1, 0.15) is 16.5 Å². The van der Waals surface area contributed by atoms with Gasteiger partial charge in [-0.25, -0.2) is 13.6 Å². The van der Waals surface area contributed by atoms with Crippen molar-refractivity contribution >= 4 is 43.3 Å². The number of hydrogen-bond acceptors (Lipinski definition) is 3. The Morgan fingerprint density at radius 1 is 1.47 bits per heavy atom. The number of hydrogen-bond donors (Lipinski definition) is 0. The highest BCUT2D eigenvalue weighted by Gasteiger charge is 2.20. The molecule has 6 heteroatoms. The lowest BCUT2D eigenvalue weighted by molar-refractivity contribution is 0.0531. The van der Waals surface area contributed by atoms with Crippen LogP contribution in [0.15, 0.2) is 16.6 Å². The van der Waals surface area contributed by atoms with Crippen LogP contribution in [0.5, 0.6) is 0 Å². The topological polar surface area (TPSA) is 26.3 Å². The molecule has 0 saturated heterocycles. The van der Waals surface area contributed by atoms with Crippen molar-refractivity contribution in [2.75, 3.05) is 6.61 Å². The summed E-state index contributed by atoms with van der Waals surface area (Å²) in [6.07, 6.45) is 0. The number of ether oxygens (including phenoxy) is 1. The highest BCUT2D eigenvalue weighted by Crippen LogP contribution is 2.38. The van der Waals surface area contributed by atoms with Crippen molar-refractivity contribution in [3.05, 3.63) is 33.1 Å². The predicted molar refractivity (Wildman–Crippen MR) is 65.4 cm³/mol. The minimum atomic E-state index is -0.696. The van der Waals surface area contributed by atoms with Crippen LogP contribution in [0.1, 0.15) is 16.6 Å². The third-order valence-corrected chi connectivity index (χ3v) is 4.28. The number of halogens is 3. The summed E-state index contributed by atoms with van der Waals surface area (Å²) in [5, 5.41) is 0.208. The minimum Gasteiger partial charge on any atom is -0.462 e. The third kappa shape index (κ3) is 2.19. The number of rotatable bonds is 2. The van der Waals surface area contributed by atoms with E-state index in [1.54, 1.807) is 6.92 Å². The van der Waals surface area contributed by atoms with Crippen LogP contribution in [0.3, 0.4) is 0 Å². The van der Waals surface area contributed by atoms with Crippen molar-refractivity contribution < 1.29 is 18.3 Å². The number of carbonyl (C=O) groups is 1. The van der Waals surface area contributed by atoms with Crippen LogP contribution in [0, 0.1) is 11.6 Å². The number of thiophene rings is 1. The molecule has 0 radical (unpaired) electrons. The van der Waals surface area contributed by atoms with Crippen molar-refractivity contribution in [2.24, 2.45) is 0 Å². The molecule has 2 aromatic rings. The van der Waals surface area contributed by atoms with Crippen molar-refractivity contribution in [3.8, 4) is 0 Å². The van der Waals surface area contributed by atoms with Gasteiger partial charge in [0.2, 0.25) is 0 Å². The summed E-state index contributed by atoms with van der Waals surface area (Å²) >= 11 is 4.14. The molecule has 0 unspecified atom stereocenters. The van der Waals surface area contributed by atoms with Crippen molar-refractivity contribution in [2.45, 2.75) is 6.92 Å². The Hall–Kier alpha value is -1.01. The molecule has 1 aromatic heterocycles. The molecule has 90 valence electrons. The van der Waals surface area contributed by atoms with Gasteiger partial charge in [-0.1, -0.05) is 0 Å². The molecule has 0 N–H and O–H groups in total. The zero-order valence-electron chi connectivity index (χ0n) is 8.72. The second-order valence-electron chi connectivity index (χ2n) is 3.23. The van der Waals surface area contributed by atoms with Crippen LogP contribution in [-0.4, -0.2) is 12.6 Å². The lowest BCUT2D eigenvalue weighted by Gasteiger charge is -1.98. The Bertz CT molecular complexity index is 595. The van der Waals surface area contributed by atoms with Gasteiger partial charge in [0, 0.05) is 16.2 Å². The Balaban J connectivity index is 2.64. The predicted octanol–water partition coefficient (Wildman–Crippen LogP) is 4.12. The van der Waals surface area contributed by atoms with E-state index in [9.17, 15) is 13.6 Å². The molecule has 0 aliphatic carbocycles. The van der Waals surface area contributed by atoms with E-state index in [2.05, 4.69) is 15.9 Å². The lowest BCUT2D eigenvalue weighted by atomic mass is 10.2. The van der Waals surface area contributed by atoms with Gasteiger partial charge in [0.05, 0.1) is 11.1 Å². The number of fused-ring (bicyclic) bond motifs is 1. The zero-order chi connectivity index (χ0) is 12.6. The monoisotopic (exact) mass is 320 g/mol. The smallest absolute Gasteiger partial charge is 0.349 e. The normalized spacial score (nSPS) is 10.8. The third-order valence-electron chi connectivity index (χ3n) is 2.11. The highest BCUT2D eigenvalue weighted by atomic mass is 79.9. The second-order valence-corrected chi connectivity index (χ2v) is 5.07. The van der Waals surface area contributed by atoms with Gasteiger partial charge >= 0.3 is 5.97 Å². The molecule has 2 rings (SSSR count). The van der Waals surface area contributed by atoms with Crippen LogP contribution in [0.4, 0.5) is 8.78 Å². The molecule has 0 fully saturated rings. The molecule has 1 heterocycles. The Morgan fingerprint density at radius 2 is 2.18 bits per heavy atom. The van der Waals surface area contributed by atoms with Crippen LogP contribution < -0.4 is 0 Å². The van der Waals surface area contributed by atoms with E-state index in [0.29, 0.717) is 9.17 Å². The van der Waals surface area contributed by atoms with Gasteiger partial charge in [0.25, 0.3) is 0 Å². The minimum absolute atomic E-state index is 0.208. The van der Waals surface area contributed by atoms with Crippen molar-refractivity contribution in [1.29, 1.82) is 0 Å². The van der Waals surface area contributed by atoms with E-state index in [-0.39, 0.29) is 16.9 Å². The van der Waals surface area contributed by atoms with Crippen molar-refractivity contribution in [1.82, 2.24) is 0 Å². The largest absolute Gasteiger partial charge is 0.462 e. The summed E-state index contributed by atoms with van der Waals surface area (Å²) in [4.78, 5) is 11.8. The summed E-state index contributed by atoms with van der Waals surface area (Å²) in [6.45, 7) is 1.91. The molecular weight excluding hydrogens is 314 g/mol. The van der Waals surface area contributed by atoms with Crippen LogP contribution in [0.2, 0.25) is 0 Å². The molecule has 0 aliphatic heterocycles. The fourth-order valence-corrected chi connectivity index (χ4v) is 3.41. The molecule has 17 heavy (non-hydrogen) atoms. The first-order valence-electron chi connectivity index (χ1n) is 4.78. The van der Waals surface area contributed by atoms with Crippen LogP contribution in [-0.2, 0) is 4.74 Å². The molecule has 1 aromatic carbocycles. The maximum atomic E-state index is 13.6. The SMILES string of the molecule is CCOC(=O)c1sc2cc(F)cc(F)c2c1Br. The standard InChI is InChI=1S/C11H7BrF2O2S/c1-2-16-11(15)10-9(12)8-6(14)3-5(13)4-7(8)17-10/h3-4H,2H2,1H3. The first-order chi connectivity index (χ1) is 8.04. The second kappa shape index (κ2) is 4.70. The van der Waals surface area contributed by atoms with E-state index >= 15 is 0 Å². The number of carbonyl (C=O) groups excluding carboxylic acids is 1. The average Bonchev–Trinajstić information content (AvgIpc) is 2.56. The summed E-state index contributed by atoms with van der Waals surface area (Å²) in [5.74, 6) is -1.90. The number of benzene rings is 1. The van der Waals surface area contributed by atoms with E-state index < -0.39 is 17.6 Å². The Labute approximate surface area is 108 Å². The van der Waals surface area contributed by atoms with Gasteiger partial charge in [-0.2, -0.15) is 0 Å². The lowest BCUT2D eigenvalue weighted by Crippen LogP contribution is -2.02. The Kier molecular flexibility index (Phi) is 3.44. The maximum absolute atomic E-state index is 13.6.